The fraction of sp³-hybridized carbons (Fsp3) is 0.500. The van der Waals surface area contributed by atoms with E-state index in [0.29, 0.717) is 11.3 Å². The minimum atomic E-state index is -3.93. The number of ether oxygens (including phenoxy) is 1. The van der Waals surface area contributed by atoms with Gasteiger partial charge in [0.15, 0.2) is 5.75 Å². The molecule has 3 N–H and O–H groups in total. The number of benzene rings is 1. The van der Waals surface area contributed by atoms with E-state index in [9.17, 15) is 13.2 Å². The third kappa shape index (κ3) is 3.19. The molecule has 6 nitrogen and oxygen atoms in total. The van der Waals surface area contributed by atoms with E-state index in [4.69, 9.17) is 9.88 Å². The fourth-order valence-corrected chi connectivity index (χ4v) is 3.19. The number of anilines is 1. The van der Waals surface area contributed by atoms with E-state index in [2.05, 4.69) is 5.32 Å². The molecule has 0 aromatic heterocycles. The monoisotopic (exact) mass is 312 g/mol. The highest BCUT2D eigenvalue weighted by atomic mass is 32.2. The maximum atomic E-state index is 12.2. The van der Waals surface area contributed by atoms with Gasteiger partial charge in [0.05, 0.1) is 12.8 Å². The van der Waals surface area contributed by atoms with Crippen molar-refractivity contribution in [3.8, 4) is 5.75 Å². The van der Waals surface area contributed by atoms with E-state index < -0.39 is 10.0 Å². The zero-order valence-corrected chi connectivity index (χ0v) is 13.4. The topological polar surface area (TPSA) is 98.5 Å². The summed E-state index contributed by atoms with van der Waals surface area (Å²) < 4.78 is 28.4. The Morgan fingerprint density at radius 1 is 1.43 bits per heavy atom. The summed E-state index contributed by atoms with van der Waals surface area (Å²) >= 11 is 0. The molecule has 1 saturated carbocycles. The Morgan fingerprint density at radius 3 is 2.43 bits per heavy atom. The van der Waals surface area contributed by atoms with Gasteiger partial charge < -0.3 is 10.1 Å². The summed E-state index contributed by atoms with van der Waals surface area (Å²) in [7, 11) is -2.59. The Kier molecular flexibility index (Phi) is 3.75. The molecule has 1 aliphatic carbocycles. The van der Waals surface area contributed by atoms with Crippen molar-refractivity contribution in [3.63, 3.8) is 0 Å². The van der Waals surface area contributed by atoms with E-state index in [-0.39, 0.29) is 27.9 Å². The van der Waals surface area contributed by atoms with Crippen LogP contribution in [0.3, 0.4) is 0 Å². The second kappa shape index (κ2) is 4.99. The molecule has 0 spiro atoms. The van der Waals surface area contributed by atoms with Crippen molar-refractivity contribution in [2.75, 3.05) is 12.4 Å². The summed E-state index contributed by atoms with van der Waals surface area (Å²) in [4.78, 5) is 12.1. The summed E-state index contributed by atoms with van der Waals surface area (Å²) in [5.74, 6) is -0.139. The molecule has 1 aromatic carbocycles. The number of primary sulfonamides is 1. The molecule has 7 heteroatoms. The van der Waals surface area contributed by atoms with Gasteiger partial charge in [0.2, 0.25) is 15.9 Å². The van der Waals surface area contributed by atoms with Crippen molar-refractivity contribution in [2.24, 2.45) is 16.5 Å². The molecule has 21 heavy (non-hydrogen) atoms. The second-order valence-corrected chi connectivity index (χ2v) is 7.65. The molecule has 1 unspecified atom stereocenters. The summed E-state index contributed by atoms with van der Waals surface area (Å²) in [5.41, 5.74) is 0.989. The van der Waals surface area contributed by atoms with Gasteiger partial charge in [-0.25, -0.2) is 13.6 Å². The number of carbonyl (C=O) groups excluding carboxylic acids is 1. The van der Waals surface area contributed by atoms with Gasteiger partial charge in [-0.15, -0.1) is 0 Å². The van der Waals surface area contributed by atoms with Crippen molar-refractivity contribution in [1.82, 2.24) is 0 Å². The Morgan fingerprint density at radius 2 is 2.00 bits per heavy atom. The predicted molar refractivity (Wildman–Crippen MR) is 79.6 cm³/mol. The molecule has 0 aliphatic heterocycles. The van der Waals surface area contributed by atoms with Crippen LogP contribution in [-0.2, 0) is 14.8 Å². The normalized spacial score (nSPS) is 20.0. The van der Waals surface area contributed by atoms with Gasteiger partial charge in [-0.2, -0.15) is 0 Å². The lowest BCUT2D eigenvalue weighted by Crippen LogP contribution is -2.19. The maximum absolute atomic E-state index is 12.2. The van der Waals surface area contributed by atoms with Gasteiger partial charge >= 0.3 is 0 Å². The van der Waals surface area contributed by atoms with E-state index >= 15 is 0 Å². The molecule has 0 heterocycles. The Hall–Kier alpha value is -1.60. The Balaban J connectivity index is 2.40. The molecule has 2 rings (SSSR count). The molecular formula is C14H20N2O4S. The molecule has 116 valence electrons. The van der Waals surface area contributed by atoms with Crippen LogP contribution in [0, 0.1) is 18.3 Å². The van der Waals surface area contributed by atoms with Gasteiger partial charge in [-0.1, -0.05) is 13.8 Å². The summed E-state index contributed by atoms with van der Waals surface area (Å²) in [6.07, 6.45) is 0.814. The highest BCUT2D eigenvalue weighted by Crippen LogP contribution is 2.52. The van der Waals surface area contributed by atoms with Crippen molar-refractivity contribution < 1.29 is 17.9 Å². The number of rotatable bonds is 4. The van der Waals surface area contributed by atoms with Crippen molar-refractivity contribution in [1.29, 1.82) is 0 Å². The quantitative estimate of drug-likeness (QED) is 0.883. The van der Waals surface area contributed by atoms with E-state index in [0.717, 1.165) is 6.42 Å². The number of aryl methyl sites for hydroxylation is 1. The second-order valence-electron chi connectivity index (χ2n) is 6.12. The SMILES string of the molecule is COc1c(NC(=O)C2CC2(C)C)cc(C)cc1S(N)(=O)=O. The van der Waals surface area contributed by atoms with Crippen LogP contribution in [0.2, 0.25) is 0 Å². The van der Waals surface area contributed by atoms with Crippen LogP contribution in [0.4, 0.5) is 5.69 Å². The standard InChI is InChI=1S/C14H20N2O4S/c1-8-5-10(16-13(17)9-7-14(9,2)3)12(20-4)11(6-8)21(15,18)19/h5-6,9H,7H2,1-4H3,(H,16,17)(H2,15,18,19). The van der Waals surface area contributed by atoms with Crippen LogP contribution < -0.4 is 15.2 Å². The first-order valence-corrected chi connectivity index (χ1v) is 8.13. The van der Waals surface area contributed by atoms with E-state index in [1.165, 1.54) is 13.2 Å². The number of hydrogen-bond donors (Lipinski definition) is 2. The highest BCUT2D eigenvalue weighted by molar-refractivity contribution is 7.89. The Labute approximate surface area is 124 Å². The number of methoxy groups -OCH3 is 1. The maximum Gasteiger partial charge on any atom is 0.241 e. The first kappa shape index (κ1) is 15.8. The van der Waals surface area contributed by atoms with Crippen LogP contribution in [0.15, 0.2) is 17.0 Å². The summed E-state index contributed by atoms with van der Waals surface area (Å²) in [6, 6.07) is 3.09. The van der Waals surface area contributed by atoms with Crippen LogP contribution in [0.1, 0.15) is 25.8 Å². The van der Waals surface area contributed by atoms with Gasteiger partial charge in [-0.3, -0.25) is 4.79 Å². The van der Waals surface area contributed by atoms with Crippen molar-refractivity contribution >= 4 is 21.6 Å². The Bertz CT molecular complexity index is 695. The molecule has 0 bridgehead atoms. The van der Waals surface area contributed by atoms with E-state index in [1.807, 2.05) is 13.8 Å². The van der Waals surface area contributed by atoms with Crippen LogP contribution in [0.5, 0.6) is 5.75 Å². The lowest BCUT2D eigenvalue weighted by atomic mass is 10.1. The van der Waals surface area contributed by atoms with Gasteiger partial charge in [0, 0.05) is 5.92 Å². The third-order valence-corrected chi connectivity index (χ3v) is 4.71. The van der Waals surface area contributed by atoms with Gasteiger partial charge in [0.1, 0.15) is 4.90 Å². The average Bonchev–Trinajstić information content (AvgIpc) is 2.97. The molecule has 1 fully saturated rings. The van der Waals surface area contributed by atoms with Crippen LogP contribution in [0.25, 0.3) is 0 Å². The van der Waals surface area contributed by atoms with Crippen molar-refractivity contribution in [2.45, 2.75) is 32.1 Å². The highest BCUT2D eigenvalue weighted by Gasteiger charge is 2.50. The lowest BCUT2D eigenvalue weighted by molar-refractivity contribution is -0.118. The molecule has 0 saturated heterocycles. The minimum Gasteiger partial charge on any atom is -0.493 e. The van der Waals surface area contributed by atoms with Crippen LogP contribution >= 0.6 is 0 Å². The summed E-state index contributed by atoms with van der Waals surface area (Å²) in [6.45, 7) is 5.76. The first-order valence-electron chi connectivity index (χ1n) is 6.58. The first-order chi connectivity index (χ1) is 9.56. The zero-order chi connectivity index (χ0) is 16.0. The molecule has 1 amide bonds. The molecule has 1 aliphatic rings. The fourth-order valence-electron chi connectivity index (χ4n) is 2.39. The molecule has 0 radical (unpaired) electrons. The minimum absolute atomic E-state index is 0.0100. The largest absolute Gasteiger partial charge is 0.493 e. The van der Waals surface area contributed by atoms with E-state index in [1.54, 1.807) is 13.0 Å². The number of nitrogens with one attached hydrogen (secondary N) is 1. The lowest BCUT2D eigenvalue weighted by Gasteiger charge is -2.15. The molecule has 1 aromatic rings. The number of amides is 1. The van der Waals surface area contributed by atoms with Gasteiger partial charge in [0.25, 0.3) is 0 Å². The van der Waals surface area contributed by atoms with Gasteiger partial charge in [-0.05, 0) is 36.5 Å². The number of sulfonamides is 1. The molecule has 1 atom stereocenters. The zero-order valence-electron chi connectivity index (χ0n) is 12.6. The van der Waals surface area contributed by atoms with Crippen molar-refractivity contribution in [3.05, 3.63) is 17.7 Å². The summed E-state index contributed by atoms with van der Waals surface area (Å²) in [5, 5.41) is 7.94. The number of nitrogens with two attached hydrogens (primary N) is 1. The third-order valence-electron chi connectivity index (χ3n) is 3.80. The molecular weight excluding hydrogens is 292 g/mol. The van der Waals surface area contributed by atoms with Crippen LogP contribution in [-0.4, -0.2) is 21.4 Å². The number of hydrogen-bond acceptors (Lipinski definition) is 4. The number of carbonyl (C=O) groups is 1. The smallest absolute Gasteiger partial charge is 0.241 e. The average molecular weight is 312 g/mol. The predicted octanol–water partition coefficient (Wildman–Crippen LogP) is 1.64.